The molecule has 0 saturated heterocycles. The third-order valence-electron chi connectivity index (χ3n) is 4.63. The fraction of sp³-hybridized carbons (Fsp3) is 0.130. The van der Waals surface area contributed by atoms with Crippen LogP contribution in [0.3, 0.4) is 0 Å². The molecule has 3 aromatic rings. The van der Waals surface area contributed by atoms with E-state index < -0.39 is 22.5 Å². The monoisotopic (exact) mass is 533 g/mol. The van der Waals surface area contributed by atoms with Gasteiger partial charge in [-0.15, -0.1) is 0 Å². The van der Waals surface area contributed by atoms with E-state index in [4.69, 9.17) is 11.6 Å². The Morgan fingerprint density at radius 3 is 2.47 bits per heavy atom. The van der Waals surface area contributed by atoms with Gasteiger partial charge in [0.2, 0.25) is 0 Å². The van der Waals surface area contributed by atoms with Gasteiger partial charge in [0.05, 0.1) is 16.8 Å². The van der Waals surface area contributed by atoms with Crippen LogP contribution in [0.25, 0.3) is 0 Å². The number of carbonyl (C=O) groups is 1. The minimum absolute atomic E-state index is 0.0759. The number of anilines is 1. The first kappa shape index (κ1) is 24.0. The minimum atomic E-state index is -4.03. The average Bonchev–Trinajstić information content (AvgIpc) is 2.75. The van der Waals surface area contributed by atoms with E-state index in [-0.39, 0.29) is 4.90 Å². The predicted octanol–water partition coefficient (Wildman–Crippen LogP) is 5.06. The summed E-state index contributed by atoms with van der Waals surface area (Å²) in [4.78, 5) is 12.7. The molecular weight excluding hydrogens is 514 g/mol. The van der Waals surface area contributed by atoms with Gasteiger partial charge in [-0.1, -0.05) is 69.5 Å². The van der Waals surface area contributed by atoms with Crippen molar-refractivity contribution in [3.8, 4) is 0 Å². The van der Waals surface area contributed by atoms with Crippen molar-refractivity contribution in [3.63, 3.8) is 0 Å². The van der Waals surface area contributed by atoms with Crippen molar-refractivity contribution in [3.05, 3.63) is 92.9 Å². The lowest BCUT2D eigenvalue weighted by Crippen LogP contribution is -2.40. The molecular formula is C23H21BrClN3O3S. The highest BCUT2D eigenvalue weighted by atomic mass is 79.9. The van der Waals surface area contributed by atoms with Gasteiger partial charge < -0.3 is 0 Å². The van der Waals surface area contributed by atoms with E-state index in [0.29, 0.717) is 16.3 Å². The van der Waals surface area contributed by atoms with Crippen LogP contribution < -0.4 is 9.73 Å². The zero-order chi connectivity index (χ0) is 23.3. The van der Waals surface area contributed by atoms with E-state index in [1.807, 2.05) is 31.2 Å². The number of carbonyl (C=O) groups excluding carboxylic acids is 1. The fourth-order valence-electron chi connectivity index (χ4n) is 2.91. The van der Waals surface area contributed by atoms with E-state index in [1.54, 1.807) is 31.2 Å². The van der Waals surface area contributed by atoms with E-state index in [2.05, 4.69) is 26.5 Å². The Labute approximate surface area is 201 Å². The second kappa shape index (κ2) is 10.3. The molecule has 9 heteroatoms. The molecule has 3 aromatic carbocycles. The summed E-state index contributed by atoms with van der Waals surface area (Å²) in [5, 5.41) is 4.32. The second-order valence-corrected chi connectivity index (χ2v) is 10.2. The Hall–Kier alpha value is -2.68. The van der Waals surface area contributed by atoms with Crippen molar-refractivity contribution >= 4 is 55.4 Å². The summed E-state index contributed by atoms with van der Waals surface area (Å²) >= 11 is 9.53. The molecule has 1 amide bonds. The number of nitrogens with one attached hydrogen (secondary N) is 1. The lowest BCUT2D eigenvalue weighted by Gasteiger charge is -2.25. The van der Waals surface area contributed by atoms with Crippen LogP contribution in [0.15, 0.2) is 81.2 Å². The minimum Gasteiger partial charge on any atom is -0.271 e. The molecule has 0 unspecified atom stereocenters. The maximum absolute atomic E-state index is 13.4. The first-order chi connectivity index (χ1) is 15.2. The van der Waals surface area contributed by atoms with Gasteiger partial charge in [-0.25, -0.2) is 13.8 Å². The molecule has 0 aliphatic heterocycles. The largest absolute Gasteiger partial charge is 0.271 e. The molecule has 6 nitrogen and oxygen atoms in total. The number of sulfonamides is 1. The number of amides is 1. The summed E-state index contributed by atoms with van der Waals surface area (Å²) < 4.78 is 28.7. The van der Waals surface area contributed by atoms with Crippen LogP contribution in [-0.4, -0.2) is 27.1 Å². The molecule has 0 spiro atoms. The number of nitrogens with zero attached hydrogens (tertiary/aromatic N) is 2. The van der Waals surface area contributed by atoms with E-state index in [1.165, 1.54) is 24.4 Å². The lowest BCUT2D eigenvalue weighted by molar-refractivity contribution is -0.119. The van der Waals surface area contributed by atoms with Crippen molar-refractivity contribution < 1.29 is 13.2 Å². The predicted molar refractivity (Wildman–Crippen MR) is 132 cm³/mol. The average molecular weight is 535 g/mol. The zero-order valence-electron chi connectivity index (χ0n) is 17.4. The topological polar surface area (TPSA) is 78.8 Å². The Morgan fingerprint density at radius 1 is 1.09 bits per heavy atom. The quantitative estimate of drug-likeness (QED) is 0.340. The van der Waals surface area contributed by atoms with Gasteiger partial charge in [0.1, 0.15) is 6.54 Å². The molecule has 0 bridgehead atoms. The van der Waals surface area contributed by atoms with Crippen LogP contribution in [0, 0.1) is 13.8 Å². The van der Waals surface area contributed by atoms with Crippen molar-refractivity contribution in [2.75, 3.05) is 10.8 Å². The van der Waals surface area contributed by atoms with Gasteiger partial charge >= 0.3 is 0 Å². The van der Waals surface area contributed by atoms with Crippen molar-refractivity contribution in [1.29, 1.82) is 0 Å². The van der Waals surface area contributed by atoms with E-state index >= 15 is 0 Å². The number of hydrogen-bond acceptors (Lipinski definition) is 4. The molecule has 0 aliphatic rings. The third kappa shape index (κ3) is 5.76. The molecule has 32 heavy (non-hydrogen) atoms. The summed E-state index contributed by atoms with van der Waals surface area (Å²) in [6.07, 6.45) is 1.48. The Bertz CT molecular complexity index is 1260. The van der Waals surface area contributed by atoms with Gasteiger partial charge in [-0.05, 0) is 49.7 Å². The first-order valence-corrected chi connectivity index (χ1v) is 12.2. The standard InChI is InChI=1S/C23H21BrClN3O3S/c1-16-7-11-20(12-8-16)32(30,31)28(22-13-19(25)10-9-17(22)2)15-23(29)27-26-14-18-5-3-4-6-21(18)24/h3-14H,15H2,1-2H3,(H,27,29)/b26-14-. The lowest BCUT2D eigenvalue weighted by atomic mass is 10.2. The van der Waals surface area contributed by atoms with Crippen molar-refractivity contribution in [2.45, 2.75) is 18.7 Å². The first-order valence-electron chi connectivity index (χ1n) is 9.60. The second-order valence-electron chi connectivity index (χ2n) is 7.07. The van der Waals surface area contributed by atoms with Crippen LogP contribution in [0.4, 0.5) is 5.69 Å². The zero-order valence-corrected chi connectivity index (χ0v) is 20.6. The maximum Gasteiger partial charge on any atom is 0.264 e. The molecule has 0 aromatic heterocycles. The summed E-state index contributed by atoms with van der Waals surface area (Å²) in [7, 11) is -4.03. The van der Waals surface area contributed by atoms with Gasteiger partial charge in [0, 0.05) is 15.1 Å². The number of halogens is 2. The number of hydrogen-bond donors (Lipinski definition) is 1. The van der Waals surface area contributed by atoms with Crippen LogP contribution in [-0.2, 0) is 14.8 Å². The summed E-state index contributed by atoms with van der Waals surface area (Å²) in [5.74, 6) is -0.594. The molecule has 3 rings (SSSR count). The molecule has 1 N–H and O–H groups in total. The molecule has 0 aliphatic carbocycles. The smallest absolute Gasteiger partial charge is 0.264 e. The molecule has 0 atom stereocenters. The van der Waals surface area contributed by atoms with Crippen LogP contribution >= 0.6 is 27.5 Å². The van der Waals surface area contributed by atoms with Crippen molar-refractivity contribution in [1.82, 2.24) is 5.43 Å². The molecule has 0 saturated carbocycles. The molecule has 166 valence electrons. The molecule has 0 fully saturated rings. The molecule has 0 radical (unpaired) electrons. The summed E-state index contributed by atoms with van der Waals surface area (Å²) in [6.45, 7) is 3.16. The highest BCUT2D eigenvalue weighted by Gasteiger charge is 2.28. The normalized spacial score (nSPS) is 11.5. The molecule has 0 heterocycles. The maximum atomic E-state index is 13.4. The van der Waals surface area contributed by atoms with Gasteiger partial charge in [-0.3, -0.25) is 9.10 Å². The SMILES string of the molecule is Cc1ccc(S(=O)(=O)N(CC(=O)N/N=C\c2ccccc2Br)c2cc(Cl)ccc2C)cc1. The van der Waals surface area contributed by atoms with Gasteiger partial charge in [0.15, 0.2) is 0 Å². The summed E-state index contributed by atoms with van der Waals surface area (Å²) in [6, 6.07) is 18.7. The number of benzene rings is 3. The number of hydrazone groups is 1. The Morgan fingerprint density at radius 2 is 1.78 bits per heavy atom. The van der Waals surface area contributed by atoms with Crippen LogP contribution in [0.1, 0.15) is 16.7 Å². The number of aryl methyl sites for hydroxylation is 2. The Kier molecular flexibility index (Phi) is 7.71. The van der Waals surface area contributed by atoms with Crippen LogP contribution in [0.5, 0.6) is 0 Å². The van der Waals surface area contributed by atoms with Crippen molar-refractivity contribution in [2.24, 2.45) is 5.10 Å². The third-order valence-corrected chi connectivity index (χ3v) is 7.37. The van der Waals surface area contributed by atoms with Crippen LogP contribution in [0.2, 0.25) is 5.02 Å². The highest BCUT2D eigenvalue weighted by molar-refractivity contribution is 9.10. The van der Waals surface area contributed by atoms with Gasteiger partial charge in [-0.2, -0.15) is 5.10 Å². The fourth-order valence-corrected chi connectivity index (χ4v) is 4.94. The highest BCUT2D eigenvalue weighted by Crippen LogP contribution is 2.29. The van der Waals surface area contributed by atoms with E-state index in [0.717, 1.165) is 19.9 Å². The van der Waals surface area contributed by atoms with E-state index in [9.17, 15) is 13.2 Å². The number of rotatable bonds is 7. The Balaban J connectivity index is 1.91. The summed E-state index contributed by atoms with van der Waals surface area (Å²) in [5.41, 5.74) is 5.07. The van der Waals surface area contributed by atoms with Gasteiger partial charge in [0.25, 0.3) is 15.9 Å².